The summed E-state index contributed by atoms with van der Waals surface area (Å²) in [4.78, 5) is 25.3. The molecule has 13 heteroatoms. The van der Waals surface area contributed by atoms with Crippen molar-refractivity contribution in [3.8, 4) is 0 Å². The van der Waals surface area contributed by atoms with E-state index in [2.05, 4.69) is 13.8 Å². The number of aliphatic hydroxyl groups is 3. The predicted molar refractivity (Wildman–Crippen MR) is 243 cm³/mol. The largest absolute Gasteiger partial charge is 0.458 e. The molecular weight excluding hydrogens is 801 g/mol. The molecule has 0 radical (unpaired) electrons. The summed E-state index contributed by atoms with van der Waals surface area (Å²) < 4.78 is 54.0. The van der Waals surface area contributed by atoms with E-state index in [9.17, 15) is 37.9 Å². The van der Waals surface area contributed by atoms with Crippen molar-refractivity contribution < 1.29 is 56.8 Å². The first-order valence-corrected chi connectivity index (χ1v) is 26.0. The second-order valence-electron chi connectivity index (χ2n) is 17.2. The van der Waals surface area contributed by atoms with Crippen molar-refractivity contribution in [1.29, 1.82) is 0 Å². The zero-order valence-electron chi connectivity index (χ0n) is 38.3. The first kappa shape index (κ1) is 57.1. The number of hydrogen-bond acceptors (Lipinski definition) is 11. The van der Waals surface area contributed by atoms with Crippen molar-refractivity contribution in [2.24, 2.45) is 0 Å². The molecule has 0 spiro atoms. The number of rotatable bonds is 41. The van der Waals surface area contributed by atoms with Crippen LogP contribution in [0.5, 0.6) is 0 Å². The van der Waals surface area contributed by atoms with E-state index in [0.717, 1.165) is 32.1 Å². The summed E-state index contributed by atoms with van der Waals surface area (Å²) in [7, 11) is -4.61. The molecule has 12 nitrogen and oxygen atoms in total. The number of carbonyl (C=O) groups excluding carboxylic acids is 2. The third kappa shape index (κ3) is 33.3. The van der Waals surface area contributed by atoms with Gasteiger partial charge in [-0.2, -0.15) is 8.42 Å². The minimum Gasteiger partial charge on any atom is -0.458 e. The molecule has 1 saturated heterocycles. The highest BCUT2D eigenvalue weighted by Crippen LogP contribution is 2.24. The smallest absolute Gasteiger partial charge is 0.330 e. The normalized spacial score (nSPS) is 20.1. The third-order valence-corrected chi connectivity index (χ3v) is 12.1. The maximum absolute atomic E-state index is 12.8. The summed E-state index contributed by atoms with van der Waals surface area (Å²) in [6, 6.07) is 0. The van der Waals surface area contributed by atoms with Gasteiger partial charge < -0.3 is 34.3 Å². The number of carbonyl (C=O) groups is 2. The number of unbranched alkanes of at least 4 members (excludes halogenated alkanes) is 28. The van der Waals surface area contributed by atoms with Gasteiger partial charge in [0.1, 0.15) is 36.8 Å². The molecule has 1 rings (SSSR count). The van der Waals surface area contributed by atoms with Gasteiger partial charge >= 0.3 is 11.9 Å². The minimum absolute atomic E-state index is 0.150. The minimum atomic E-state index is -4.61. The van der Waals surface area contributed by atoms with Crippen LogP contribution in [-0.4, -0.2) is 96.0 Å². The topological polar surface area (TPSA) is 186 Å². The van der Waals surface area contributed by atoms with Crippen LogP contribution in [0.4, 0.5) is 0 Å². The summed E-state index contributed by atoms with van der Waals surface area (Å²) in [5.74, 6) is -2.23. The predicted octanol–water partition coefficient (Wildman–Crippen LogP) is 10.4. The van der Waals surface area contributed by atoms with Gasteiger partial charge in [0, 0.05) is 12.5 Å². The van der Waals surface area contributed by atoms with Crippen molar-refractivity contribution in [1.82, 2.24) is 0 Å². The van der Waals surface area contributed by atoms with Crippen molar-refractivity contribution in [3.63, 3.8) is 0 Å². The molecule has 0 aromatic rings. The summed E-state index contributed by atoms with van der Waals surface area (Å²) >= 11 is 0. The van der Waals surface area contributed by atoms with Crippen molar-refractivity contribution >= 4 is 22.1 Å². The standard InChI is InChI=1S/C48H88O12S/c1-3-5-7-9-11-13-15-17-19-20-21-23-25-27-29-31-33-35-37-44(50)59-41(39-58-48-47(53)46(52)45(51)42(60-48)40-61(54,55)56)38-57-43(49)36-34-32-30-28-26-24-22-18-16-14-12-10-8-6-4-2/h30,32,34,36,41-42,45-48,51-53H,3-29,31,33,35,37-40H2,1-2H3,(H,54,55,56)/b32-30+,36-34+/t41-,42-,45-,46?,47?,48+/m1/s1. The van der Waals surface area contributed by atoms with Crippen molar-refractivity contribution in [3.05, 3.63) is 24.3 Å². The molecule has 1 fully saturated rings. The Morgan fingerprint density at radius 1 is 0.590 bits per heavy atom. The maximum Gasteiger partial charge on any atom is 0.330 e. The van der Waals surface area contributed by atoms with Gasteiger partial charge in [0.2, 0.25) is 0 Å². The molecule has 1 heterocycles. The Bertz CT molecular complexity index is 1220. The molecule has 61 heavy (non-hydrogen) atoms. The maximum atomic E-state index is 12.8. The Hall–Kier alpha value is -1.87. The lowest BCUT2D eigenvalue weighted by atomic mass is 10.00. The van der Waals surface area contributed by atoms with Gasteiger partial charge in [0.15, 0.2) is 12.4 Å². The average Bonchev–Trinajstić information content (AvgIpc) is 3.22. The summed E-state index contributed by atoms with van der Waals surface area (Å²) in [5, 5.41) is 30.9. The van der Waals surface area contributed by atoms with E-state index in [1.165, 1.54) is 160 Å². The lowest BCUT2D eigenvalue weighted by Gasteiger charge is -2.40. The van der Waals surface area contributed by atoms with Crippen LogP contribution in [0.2, 0.25) is 0 Å². The van der Waals surface area contributed by atoms with Gasteiger partial charge in [-0.25, -0.2) is 4.79 Å². The number of hydrogen-bond donors (Lipinski definition) is 4. The first-order chi connectivity index (χ1) is 29.5. The van der Waals surface area contributed by atoms with E-state index >= 15 is 0 Å². The number of aliphatic hydroxyl groups excluding tert-OH is 3. The lowest BCUT2D eigenvalue weighted by Crippen LogP contribution is -2.60. The van der Waals surface area contributed by atoms with Gasteiger partial charge in [-0.05, 0) is 19.3 Å². The molecule has 1 aliphatic heterocycles. The zero-order chi connectivity index (χ0) is 44.8. The second kappa shape index (κ2) is 38.6. The highest BCUT2D eigenvalue weighted by molar-refractivity contribution is 7.85. The molecule has 0 aromatic heterocycles. The Morgan fingerprint density at radius 2 is 1.03 bits per heavy atom. The van der Waals surface area contributed by atoms with E-state index in [0.29, 0.717) is 6.42 Å². The van der Waals surface area contributed by atoms with Crippen LogP contribution in [0, 0.1) is 0 Å². The van der Waals surface area contributed by atoms with E-state index in [1.807, 2.05) is 6.08 Å². The van der Waals surface area contributed by atoms with Crippen LogP contribution >= 0.6 is 0 Å². The summed E-state index contributed by atoms with van der Waals surface area (Å²) in [6.07, 6.45) is 34.2. The molecular formula is C48H88O12S. The molecule has 2 unspecified atom stereocenters. The van der Waals surface area contributed by atoms with E-state index in [-0.39, 0.29) is 13.0 Å². The Morgan fingerprint density at radius 3 is 1.49 bits per heavy atom. The van der Waals surface area contributed by atoms with Gasteiger partial charge in [-0.1, -0.05) is 205 Å². The second-order valence-corrected chi connectivity index (χ2v) is 18.7. The van der Waals surface area contributed by atoms with Crippen LogP contribution in [0.25, 0.3) is 0 Å². The molecule has 0 saturated carbocycles. The first-order valence-electron chi connectivity index (χ1n) is 24.4. The van der Waals surface area contributed by atoms with Gasteiger partial charge in [0.25, 0.3) is 10.1 Å². The van der Waals surface area contributed by atoms with Crippen LogP contribution < -0.4 is 0 Å². The monoisotopic (exact) mass is 889 g/mol. The van der Waals surface area contributed by atoms with E-state index < -0.39 is 71.2 Å². The molecule has 4 N–H and O–H groups in total. The molecule has 6 atom stereocenters. The molecule has 0 aromatic carbocycles. The Labute approximate surface area is 370 Å². The van der Waals surface area contributed by atoms with Crippen LogP contribution in [0.1, 0.15) is 213 Å². The Balaban J connectivity index is 2.44. The summed E-state index contributed by atoms with van der Waals surface area (Å²) in [6.45, 7) is 3.68. The highest BCUT2D eigenvalue weighted by atomic mass is 32.2. The molecule has 358 valence electrons. The zero-order valence-corrected chi connectivity index (χ0v) is 39.1. The van der Waals surface area contributed by atoms with E-state index in [4.69, 9.17) is 18.9 Å². The molecule has 0 amide bonds. The molecule has 0 bridgehead atoms. The third-order valence-electron chi connectivity index (χ3n) is 11.4. The van der Waals surface area contributed by atoms with Crippen LogP contribution in [-0.2, 0) is 38.7 Å². The average molecular weight is 889 g/mol. The van der Waals surface area contributed by atoms with Gasteiger partial charge in [0.05, 0.1) is 6.61 Å². The van der Waals surface area contributed by atoms with E-state index in [1.54, 1.807) is 12.2 Å². The fraction of sp³-hybridized carbons (Fsp3) is 0.875. The van der Waals surface area contributed by atoms with Gasteiger partial charge in [-0.15, -0.1) is 0 Å². The quantitative estimate of drug-likeness (QED) is 0.0150. The van der Waals surface area contributed by atoms with Crippen molar-refractivity contribution in [2.75, 3.05) is 19.0 Å². The molecule has 1 aliphatic rings. The van der Waals surface area contributed by atoms with Crippen LogP contribution in [0.15, 0.2) is 24.3 Å². The number of esters is 2. The SMILES string of the molecule is CCCCCCCCCCCCC/C=C/C=C/C(=O)OC[C@H](CO[C@H]1O[C@H](CS(=O)(=O)O)[C@@H](O)C(O)C1O)OC(=O)CCCCCCCCCCCCCCCCCCCC. The molecule has 0 aliphatic carbocycles. The van der Waals surface area contributed by atoms with Gasteiger partial charge in [-0.3, -0.25) is 9.35 Å². The lowest BCUT2D eigenvalue weighted by molar-refractivity contribution is -0.297. The fourth-order valence-electron chi connectivity index (χ4n) is 7.59. The summed E-state index contributed by atoms with van der Waals surface area (Å²) in [5.41, 5.74) is 0. The van der Waals surface area contributed by atoms with Crippen LogP contribution in [0.3, 0.4) is 0 Å². The number of allylic oxidation sites excluding steroid dienone is 3. The highest BCUT2D eigenvalue weighted by Gasteiger charge is 2.46. The fourth-order valence-corrected chi connectivity index (χ4v) is 8.28. The number of ether oxygens (including phenoxy) is 4. The Kier molecular flexibility index (Phi) is 36.1. The van der Waals surface area contributed by atoms with Crippen molar-refractivity contribution in [2.45, 2.75) is 250 Å².